The molecule has 4 N–H and O–H groups in total. The van der Waals surface area contributed by atoms with Crippen LogP contribution < -0.4 is 11.1 Å². The number of carbonyl (C=O) groups excluding carboxylic acids is 1. The summed E-state index contributed by atoms with van der Waals surface area (Å²) in [6, 6.07) is -0.825. The maximum Gasteiger partial charge on any atom is 0.323 e. The van der Waals surface area contributed by atoms with Crippen molar-refractivity contribution in [2.24, 2.45) is 11.1 Å². The first kappa shape index (κ1) is 13.9. The Morgan fingerprint density at radius 2 is 2.07 bits per heavy atom. The van der Waals surface area contributed by atoms with Crippen molar-refractivity contribution in [3.05, 3.63) is 0 Å². The number of primary amides is 1. The smallest absolute Gasteiger partial charge is 0.323 e. The van der Waals surface area contributed by atoms with Crippen LogP contribution in [0.1, 0.15) is 13.8 Å². The molecule has 0 spiro atoms. The highest BCUT2D eigenvalue weighted by molar-refractivity contribution is 5.80. The zero-order chi connectivity index (χ0) is 12.1. The highest BCUT2D eigenvalue weighted by atomic mass is 16.5. The molecule has 1 unspecified atom stereocenters. The molecule has 1 atom stereocenters. The first-order chi connectivity index (χ1) is 6.81. The first-order valence-electron chi connectivity index (χ1n) is 4.56. The van der Waals surface area contributed by atoms with E-state index in [-0.39, 0.29) is 13.2 Å². The molecule has 0 aliphatic carbocycles. The van der Waals surface area contributed by atoms with Crippen LogP contribution in [0.2, 0.25) is 0 Å². The number of hydrogen-bond donors (Lipinski definition) is 3. The Kier molecular flexibility index (Phi) is 5.24. The van der Waals surface area contributed by atoms with E-state index in [1.54, 1.807) is 13.8 Å². The first-order valence-corrected chi connectivity index (χ1v) is 4.56. The lowest BCUT2D eigenvalue weighted by Crippen LogP contribution is -2.48. The number of ether oxygens (including phenoxy) is 1. The largest absolute Gasteiger partial charge is 0.480 e. The van der Waals surface area contributed by atoms with Crippen molar-refractivity contribution < 1.29 is 19.4 Å². The Bertz CT molecular complexity index is 240. The van der Waals surface area contributed by atoms with E-state index < -0.39 is 23.3 Å². The average Bonchev–Trinajstić information content (AvgIpc) is 2.11. The van der Waals surface area contributed by atoms with Gasteiger partial charge in [0.15, 0.2) is 0 Å². The molecule has 0 bridgehead atoms. The summed E-state index contributed by atoms with van der Waals surface area (Å²) in [6.07, 6.45) is 0. The van der Waals surface area contributed by atoms with E-state index in [2.05, 4.69) is 5.32 Å². The third-order valence-electron chi connectivity index (χ3n) is 2.09. The summed E-state index contributed by atoms with van der Waals surface area (Å²) in [5, 5.41) is 11.5. The van der Waals surface area contributed by atoms with Gasteiger partial charge in [0.25, 0.3) is 0 Å². The van der Waals surface area contributed by atoms with Crippen LogP contribution in [0.3, 0.4) is 0 Å². The van der Waals surface area contributed by atoms with Crippen LogP contribution in [0.25, 0.3) is 0 Å². The van der Waals surface area contributed by atoms with E-state index in [0.29, 0.717) is 0 Å². The number of methoxy groups -OCH3 is 1. The van der Waals surface area contributed by atoms with Gasteiger partial charge in [-0.05, 0) is 13.8 Å². The summed E-state index contributed by atoms with van der Waals surface area (Å²) in [5.74, 6) is -1.49. The van der Waals surface area contributed by atoms with Gasteiger partial charge in [0.05, 0.1) is 12.0 Å². The van der Waals surface area contributed by atoms with Crippen LogP contribution in [-0.4, -0.2) is 43.3 Å². The zero-order valence-corrected chi connectivity index (χ0v) is 9.24. The number of hydrogen-bond acceptors (Lipinski definition) is 4. The highest BCUT2D eigenvalue weighted by Crippen LogP contribution is 2.12. The predicted octanol–water partition coefficient (Wildman–Crippen LogP) is -0.813. The molecule has 0 saturated heterocycles. The van der Waals surface area contributed by atoms with Crippen LogP contribution in [-0.2, 0) is 14.3 Å². The van der Waals surface area contributed by atoms with Crippen LogP contribution in [0.4, 0.5) is 0 Å². The maximum absolute atomic E-state index is 11.0. The Hall–Kier alpha value is -1.14. The molecule has 0 aliphatic heterocycles. The van der Waals surface area contributed by atoms with E-state index in [4.69, 9.17) is 15.6 Å². The van der Waals surface area contributed by atoms with Gasteiger partial charge < -0.3 is 20.9 Å². The number of carbonyl (C=O) groups is 2. The molecule has 0 aromatic heterocycles. The Balaban J connectivity index is 4.21. The zero-order valence-electron chi connectivity index (χ0n) is 9.24. The molecular weight excluding hydrogens is 200 g/mol. The van der Waals surface area contributed by atoms with E-state index in [1.807, 2.05) is 0 Å². The summed E-state index contributed by atoms with van der Waals surface area (Å²) in [7, 11) is 1.41. The minimum Gasteiger partial charge on any atom is -0.480 e. The van der Waals surface area contributed by atoms with Gasteiger partial charge in [0.2, 0.25) is 5.91 Å². The summed E-state index contributed by atoms with van der Waals surface area (Å²) in [6.45, 7) is 3.54. The van der Waals surface area contributed by atoms with Gasteiger partial charge in [0.1, 0.15) is 6.04 Å². The molecular formula is C9H18N2O4. The Labute approximate surface area is 88.8 Å². The fourth-order valence-electron chi connectivity index (χ4n) is 0.850. The minimum atomic E-state index is -1.02. The second kappa shape index (κ2) is 5.67. The quantitative estimate of drug-likeness (QED) is 0.518. The van der Waals surface area contributed by atoms with E-state index >= 15 is 0 Å². The molecule has 1 amide bonds. The molecule has 6 nitrogen and oxygen atoms in total. The van der Waals surface area contributed by atoms with Crippen molar-refractivity contribution in [2.45, 2.75) is 19.9 Å². The van der Waals surface area contributed by atoms with Gasteiger partial charge in [-0.3, -0.25) is 9.59 Å². The van der Waals surface area contributed by atoms with Crippen LogP contribution in [0, 0.1) is 5.41 Å². The summed E-state index contributed by atoms with van der Waals surface area (Å²) < 4.78 is 4.73. The third-order valence-corrected chi connectivity index (χ3v) is 2.09. The van der Waals surface area contributed by atoms with Crippen LogP contribution in [0.15, 0.2) is 0 Å². The molecule has 0 aromatic carbocycles. The second-order valence-electron chi connectivity index (χ2n) is 3.98. The molecule has 0 radical (unpaired) electrons. The normalized spacial score (nSPS) is 13.5. The van der Waals surface area contributed by atoms with Crippen molar-refractivity contribution in [1.29, 1.82) is 0 Å². The lowest BCUT2D eigenvalue weighted by Gasteiger charge is -2.23. The molecule has 6 heteroatoms. The lowest BCUT2D eigenvalue weighted by molar-refractivity contribution is -0.141. The van der Waals surface area contributed by atoms with Crippen molar-refractivity contribution in [2.75, 3.05) is 20.3 Å². The van der Waals surface area contributed by atoms with Gasteiger partial charge in [-0.15, -0.1) is 0 Å². The fourth-order valence-corrected chi connectivity index (χ4v) is 0.850. The minimum absolute atomic E-state index is 0.0458. The molecule has 0 aromatic rings. The summed E-state index contributed by atoms with van der Waals surface area (Å²) in [4.78, 5) is 21.7. The lowest BCUT2D eigenvalue weighted by atomic mass is 9.92. The molecule has 0 rings (SSSR count). The highest BCUT2D eigenvalue weighted by Gasteiger charge is 2.27. The number of rotatable bonds is 7. The van der Waals surface area contributed by atoms with Crippen LogP contribution in [0.5, 0.6) is 0 Å². The van der Waals surface area contributed by atoms with Crippen molar-refractivity contribution in [3.8, 4) is 0 Å². The Morgan fingerprint density at radius 3 is 2.40 bits per heavy atom. The van der Waals surface area contributed by atoms with Gasteiger partial charge in [-0.2, -0.15) is 0 Å². The van der Waals surface area contributed by atoms with E-state index in [0.717, 1.165) is 0 Å². The summed E-state index contributed by atoms with van der Waals surface area (Å²) >= 11 is 0. The second-order valence-corrected chi connectivity index (χ2v) is 3.98. The number of aliphatic carboxylic acids is 1. The standard InChI is InChI=1S/C9H18N2O4/c1-9(2,8(10)14)5-11-6(4-15-3)7(12)13/h6,11H,4-5H2,1-3H3,(H2,10,14)(H,12,13). The number of nitrogens with two attached hydrogens (primary N) is 1. The van der Waals surface area contributed by atoms with E-state index in [9.17, 15) is 9.59 Å². The maximum atomic E-state index is 11.0. The van der Waals surface area contributed by atoms with E-state index in [1.165, 1.54) is 7.11 Å². The van der Waals surface area contributed by atoms with Gasteiger partial charge in [-0.1, -0.05) is 0 Å². The number of carboxylic acids is 1. The van der Waals surface area contributed by atoms with Crippen molar-refractivity contribution >= 4 is 11.9 Å². The van der Waals surface area contributed by atoms with Gasteiger partial charge >= 0.3 is 5.97 Å². The van der Waals surface area contributed by atoms with Crippen LogP contribution >= 0.6 is 0 Å². The topological polar surface area (TPSA) is 102 Å². The average molecular weight is 218 g/mol. The van der Waals surface area contributed by atoms with Gasteiger partial charge in [-0.25, -0.2) is 0 Å². The molecule has 0 fully saturated rings. The summed E-state index contributed by atoms with van der Waals surface area (Å²) in [5.41, 5.74) is 4.37. The molecule has 88 valence electrons. The molecule has 15 heavy (non-hydrogen) atoms. The molecule has 0 heterocycles. The SMILES string of the molecule is COCC(NCC(C)(C)C(N)=O)C(=O)O. The van der Waals surface area contributed by atoms with Gasteiger partial charge in [0, 0.05) is 13.7 Å². The molecule has 0 aliphatic rings. The predicted molar refractivity (Wildman–Crippen MR) is 54.3 cm³/mol. The number of amides is 1. The fraction of sp³-hybridized carbons (Fsp3) is 0.778. The third kappa shape index (κ3) is 4.75. The number of nitrogens with one attached hydrogen (secondary N) is 1. The monoisotopic (exact) mass is 218 g/mol. The molecule has 0 saturated carbocycles. The van der Waals surface area contributed by atoms with Crippen molar-refractivity contribution in [1.82, 2.24) is 5.32 Å². The number of carboxylic acid groups (broad SMARTS) is 1. The van der Waals surface area contributed by atoms with Crippen molar-refractivity contribution in [3.63, 3.8) is 0 Å². The Morgan fingerprint density at radius 1 is 1.53 bits per heavy atom.